The third kappa shape index (κ3) is 5.00. The largest absolute Gasteiger partial charge is 0.375 e. The van der Waals surface area contributed by atoms with Crippen LogP contribution in [0.15, 0.2) is 29.0 Å². The van der Waals surface area contributed by atoms with Gasteiger partial charge in [-0.1, -0.05) is 19.0 Å². The first-order valence-corrected chi connectivity index (χ1v) is 10.5. The van der Waals surface area contributed by atoms with Gasteiger partial charge in [-0.15, -0.1) is 0 Å². The molecule has 0 aromatic carbocycles. The molecule has 0 spiro atoms. The maximum absolute atomic E-state index is 12.4. The lowest BCUT2D eigenvalue weighted by Crippen LogP contribution is -2.48. The Kier molecular flexibility index (Phi) is 6.20. The van der Waals surface area contributed by atoms with E-state index in [0.717, 1.165) is 31.7 Å². The summed E-state index contributed by atoms with van der Waals surface area (Å²) in [7, 11) is 0. The summed E-state index contributed by atoms with van der Waals surface area (Å²) in [6, 6.07) is 4.32. The predicted octanol–water partition coefficient (Wildman–Crippen LogP) is 2.07. The number of carbonyl (C=O) groups excluding carboxylic acids is 1. The quantitative estimate of drug-likeness (QED) is 0.762. The van der Waals surface area contributed by atoms with Crippen LogP contribution in [0, 0.1) is 5.92 Å². The SMILES string of the molecule is CC(C)[C@H]1CN2C[C@@H](NC(=O)CCCc3nc(-c4ccncc4)no3)C[C@H]2CO1. The first-order chi connectivity index (χ1) is 14.1. The summed E-state index contributed by atoms with van der Waals surface area (Å²) in [4.78, 5) is 23.2. The molecule has 2 aliphatic rings. The molecule has 29 heavy (non-hydrogen) atoms. The molecular weight excluding hydrogens is 370 g/mol. The van der Waals surface area contributed by atoms with E-state index in [2.05, 4.69) is 39.2 Å². The molecule has 0 aliphatic carbocycles. The fourth-order valence-electron chi connectivity index (χ4n) is 4.08. The van der Waals surface area contributed by atoms with Crippen molar-refractivity contribution in [1.29, 1.82) is 0 Å². The summed E-state index contributed by atoms with van der Waals surface area (Å²) in [6.45, 7) is 7.05. The monoisotopic (exact) mass is 399 g/mol. The summed E-state index contributed by atoms with van der Waals surface area (Å²) >= 11 is 0. The maximum atomic E-state index is 12.4. The number of morpholine rings is 1. The van der Waals surface area contributed by atoms with Gasteiger partial charge in [0.05, 0.1) is 12.7 Å². The normalized spacial score (nSPS) is 24.6. The van der Waals surface area contributed by atoms with Crippen LogP contribution in [-0.4, -0.2) is 63.8 Å². The van der Waals surface area contributed by atoms with Crippen LogP contribution in [-0.2, 0) is 16.0 Å². The van der Waals surface area contributed by atoms with Gasteiger partial charge in [-0.3, -0.25) is 14.7 Å². The number of hydrogen-bond acceptors (Lipinski definition) is 7. The van der Waals surface area contributed by atoms with Crippen LogP contribution >= 0.6 is 0 Å². The van der Waals surface area contributed by atoms with Gasteiger partial charge in [-0.05, 0) is 30.9 Å². The summed E-state index contributed by atoms with van der Waals surface area (Å²) < 4.78 is 11.3. The fourth-order valence-corrected chi connectivity index (χ4v) is 4.08. The highest BCUT2D eigenvalue weighted by molar-refractivity contribution is 5.76. The highest BCUT2D eigenvalue weighted by atomic mass is 16.5. The lowest BCUT2D eigenvalue weighted by atomic mass is 10.0. The number of nitrogens with zero attached hydrogens (tertiary/aromatic N) is 4. The zero-order chi connectivity index (χ0) is 20.2. The Bertz CT molecular complexity index is 810. The molecule has 8 heteroatoms. The third-order valence-electron chi connectivity index (χ3n) is 5.75. The van der Waals surface area contributed by atoms with Crippen molar-refractivity contribution in [1.82, 2.24) is 25.3 Å². The summed E-state index contributed by atoms with van der Waals surface area (Å²) in [6.07, 6.45) is 6.39. The van der Waals surface area contributed by atoms with Gasteiger partial charge >= 0.3 is 0 Å². The van der Waals surface area contributed by atoms with Crippen molar-refractivity contribution in [2.24, 2.45) is 5.92 Å². The number of amides is 1. The lowest BCUT2D eigenvalue weighted by molar-refractivity contribution is -0.121. The Morgan fingerprint density at radius 2 is 2.14 bits per heavy atom. The minimum absolute atomic E-state index is 0.0880. The molecule has 0 unspecified atom stereocenters. The lowest BCUT2D eigenvalue weighted by Gasteiger charge is -2.36. The first-order valence-electron chi connectivity index (χ1n) is 10.5. The van der Waals surface area contributed by atoms with Crippen molar-refractivity contribution < 1.29 is 14.1 Å². The topological polar surface area (TPSA) is 93.4 Å². The smallest absolute Gasteiger partial charge is 0.226 e. The Hall–Kier alpha value is -2.32. The van der Waals surface area contributed by atoms with E-state index in [1.165, 1.54) is 0 Å². The molecule has 2 aliphatic heterocycles. The summed E-state index contributed by atoms with van der Waals surface area (Å²) in [5, 5.41) is 7.18. The van der Waals surface area contributed by atoms with E-state index in [9.17, 15) is 4.79 Å². The van der Waals surface area contributed by atoms with Crippen molar-refractivity contribution >= 4 is 5.91 Å². The average molecular weight is 399 g/mol. The van der Waals surface area contributed by atoms with Crippen LogP contribution in [0.2, 0.25) is 0 Å². The number of ether oxygens (including phenoxy) is 1. The standard InChI is InChI=1S/C21H29N5O3/c1-14(2)18-12-26-11-16(10-17(26)13-28-18)23-19(27)4-3-5-20-24-21(25-29-20)15-6-8-22-9-7-15/h6-9,14,16-18H,3-5,10-13H2,1-2H3,(H,23,27)/t16-,17-,18+/m0/s1. The molecule has 0 saturated carbocycles. The van der Waals surface area contributed by atoms with Crippen LogP contribution in [0.3, 0.4) is 0 Å². The second-order valence-corrected chi connectivity index (χ2v) is 8.32. The molecular formula is C21H29N5O3. The molecule has 1 N–H and O–H groups in total. The van der Waals surface area contributed by atoms with Gasteiger partial charge in [0.2, 0.25) is 17.6 Å². The van der Waals surface area contributed by atoms with Gasteiger partial charge in [-0.2, -0.15) is 4.98 Å². The summed E-state index contributed by atoms with van der Waals surface area (Å²) in [5.74, 6) is 1.72. The predicted molar refractivity (Wildman–Crippen MR) is 107 cm³/mol. The van der Waals surface area contributed by atoms with Crippen molar-refractivity contribution in [3.8, 4) is 11.4 Å². The van der Waals surface area contributed by atoms with Crippen LogP contribution in [0.25, 0.3) is 11.4 Å². The van der Waals surface area contributed by atoms with E-state index >= 15 is 0 Å². The number of fused-ring (bicyclic) bond motifs is 1. The Morgan fingerprint density at radius 1 is 1.31 bits per heavy atom. The maximum Gasteiger partial charge on any atom is 0.226 e. The minimum Gasteiger partial charge on any atom is -0.375 e. The Labute approximate surface area is 171 Å². The van der Waals surface area contributed by atoms with Crippen molar-refractivity contribution in [2.75, 3.05) is 19.7 Å². The molecule has 4 rings (SSSR count). The number of hydrogen-bond donors (Lipinski definition) is 1. The number of aromatic nitrogens is 3. The molecule has 4 heterocycles. The van der Waals surface area contributed by atoms with Gasteiger partial charge < -0.3 is 14.6 Å². The van der Waals surface area contributed by atoms with Crippen molar-refractivity contribution in [2.45, 2.75) is 57.7 Å². The molecule has 156 valence electrons. The van der Waals surface area contributed by atoms with Crippen molar-refractivity contribution in [3.63, 3.8) is 0 Å². The first kappa shape index (κ1) is 20.0. The van der Waals surface area contributed by atoms with E-state index in [1.807, 2.05) is 12.1 Å². The average Bonchev–Trinajstić information content (AvgIpc) is 3.34. The van der Waals surface area contributed by atoms with E-state index in [-0.39, 0.29) is 11.9 Å². The summed E-state index contributed by atoms with van der Waals surface area (Å²) in [5.41, 5.74) is 0.870. The number of aryl methyl sites for hydroxylation is 1. The van der Waals surface area contributed by atoms with E-state index in [4.69, 9.17) is 9.26 Å². The molecule has 1 amide bonds. The second-order valence-electron chi connectivity index (χ2n) is 8.32. The molecule has 2 saturated heterocycles. The Balaban J connectivity index is 1.19. The number of nitrogens with one attached hydrogen (secondary N) is 1. The molecule has 0 radical (unpaired) electrons. The van der Waals surface area contributed by atoms with E-state index in [0.29, 0.717) is 49.0 Å². The van der Waals surface area contributed by atoms with Crippen molar-refractivity contribution in [3.05, 3.63) is 30.4 Å². The van der Waals surface area contributed by atoms with Gasteiger partial charge in [0.25, 0.3) is 0 Å². The molecule has 2 aromatic rings. The van der Waals surface area contributed by atoms with E-state index in [1.54, 1.807) is 12.4 Å². The number of pyridine rings is 1. The molecule has 2 fully saturated rings. The zero-order valence-corrected chi connectivity index (χ0v) is 17.1. The second kappa shape index (κ2) is 9.00. The van der Waals surface area contributed by atoms with Crippen LogP contribution < -0.4 is 5.32 Å². The van der Waals surface area contributed by atoms with Gasteiger partial charge in [0.15, 0.2) is 0 Å². The zero-order valence-electron chi connectivity index (χ0n) is 17.1. The van der Waals surface area contributed by atoms with Crippen LogP contribution in [0.5, 0.6) is 0 Å². The highest BCUT2D eigenvalue weighted by Gasteiger charge is 2.38. The molecule has 3 atom stereocenters. The molecule has 0 bridgehead atoms. The van der Waals surface area contributed by atoms with Gasteiger partial charge in [0, 0.05) is 56.0 Å². The van der Waals surface area contributed by atoms with Crippen LogP contribution in [0.4, 0.5) is 0 Å². The Morgan fingerprint density at radius 3 is 2.93 bits per heavy atom. The van der Waals surface area contributed by atoms with Crippen LogP contribution in [0.1, 0.15) is 39.0 Å². The molecule has 8 nitrogen and oxygen atoms in total. The fraction of sp³-hybridized carbons (Fsp3) is 0.619. The molecule has 2 aromatic heterocycles. The third-order valence-corrected chi connectivity index (χ3v) is 5.75. The minimum atomic E-state index is 0.0880. The van der Waals surface area contributed by atoms with Gasteiger partial charge in [-0.25, -0.2) is 0 Å². The number of rotatable bonds is 7. The number of carbonyl (C=O) groups is 1. The van der Waals surface area contributed by atoms with Gasteiger partial charge in [0.1, 0.15) is 0 Å². The highest BCUT2D eigenvalue weighted by Crippen LogP contribution is 2.26. The van der Waals surface area contributed by atoms with E-state index < -0.39 is 0 Å².